The third kappa shape index (κ3) is 4.36. The molecule has 6 heteroatoms. The lowest BCUT2D eigenvalue weighted by Crippen LogP contribution is -2.30. The van der Waals surface area contributed by atoms with Crippen LogP contribution in [0.3, 0.4) is 0 Å². The number of nitrogens with zero attached hydrogens (tertiary/aromatic N) is 1. The second-order valence-corrected chi connectivity index (χ2v) is 5.72. The number of carbonyl (C=O) groups is 1. The first-order valence-corrected chi connectivity index (χ1v) is 8.30. The summed E-state index contributed by atoms with van der Waals surface area (Å²) < 4.78 is 5.34. The van der Waals surface area contributed by atoms with Crippen LogP contribution in [0.5, 0.6) is 5.75 Å². The van der Waals surface area contributed by atoms with E-state index in [0.29, 0.717) is 23.7 Å². The number of hydrogen-bond donors (Lipinski definition) is 3. The predicted octanol–water partition coefficient (Wildman–Crippen LogP) is 2.48. The smallest absolute Gasteiger partial charge is 0.255 e. The van der Waals surface area contributed by atoms with E-state index < -0.39 is 0 Å². The largest absolute Gasteiger partial charge is 0.495 e. The monoisotopic (exact) mass is 338 g/mol. The minimum atomic E-state index is -0.148. The van der Waals surface area contributed by atoms with Crippen LogP contribution < -0.4 is 20.7 Å². The van der Waals surface area contributed by atoms with Crippen LogP contribution in [0.15, 0.2) is 54.2 Å². The van der Waals surface area contributed by atoms with Crippen LogP contribution in [0.4, 0.5) is 11.5 Å². The first kappa shape index (κ1) is 17.0. The Morgan fingerprint density at radius 1 is 1.28 bits per heavy atom. The number of hydrogen-bond acceptors (Lipinski definition) is 5. The number of anilines is 2. The van der Waals surface area contributed by atoms with Crippen molar-refractivity contribution in [2.24, 2.45) is 0 Å². The van der Waals surface area contributed by atoms with E-state index in [1.165, 1.54) is 5.57 Å². The van der Waals surface area contributed by atoms with Crippen LogP contribution in [-0.2, 0) is 0 Å². The van der Waals surface area contributed by atoms with Gasteiger partial charge in [0.05, 0.1) is 18.4 Å². The van der Waals surface area contributed by atoms with Gasteiger partial charge in [0.2, 0.25) is 0 Å². The Bertz CT molecular complexity index is 774. The fraction of sp³-hybridized carbons (Fsp3) is 0.263. The summed E-state index contributed by atoms with van der Waals surface area (Å²) in [5.41, 5.74) is 2.51. The standard InChI is InChI=1S/C19H22N4O2/c1-25-17-7-3-2-6-16(17)23-18-15(5-4-10-21-18)19(24)22-13-14-8-11-20-12-9-14/h2-8,10,20H,9,11-13H2,1H3,(H,21,23)(H,22,24). The lowest BCUT2D eigenvalue weighted by atomic mass is 10.1. The summed E-state index contributed by atoms with van der Waals surface area (Å²) in [6, 6.07) is 11.0. The number of carbonyl (C=O) groups excluding carboxylic acids is 1. The highest BCUT2D eigenvalue weighted by molar-refractivity contribution is 5.99. The van der Waals surface area contributed by atoms with Crippen molar-refractivity contribution in [2.45, 2.75) is 6.42 Å². The second kappa shape index (κ2) is 8.30. The van der Waals surface area contributed by atoms with Gasteiger partial charge >= 0.3 is 0 Å². The summed E-state index contributed by atoms with van der Waals surface area (Å²) in [6.07, 6.45) is 4.74. The molecule has 1 amide bonds. The Labute approximate surface area is 147 Å². The number of rotatable bonds is 6. The van der Waals surface area contributed by atoms with Crippen molar-refractivity contribution in [1.82, 2.24) is 15.6 Å². The molecule has 3 rings (SSSR count). The van der Waals surface area contributed by atoms with Crippen molar-refractivity contribution < 1.29 is 9.53 Å². The molecule has 0 aliphatic carbocycles. The maximum absolute atomic E-state index is 12.6. The van der Waals surface area contributed by atoms with Crippen molar-refractivity contribution in [2.75, 3.05) is 32.1 Å². The number of benzene rings is 1. The molecule has 3 N–H and O–H groups in total. The summed E-state index contributed by atoms with van der Waals surface area (Å²) >= 11 is 0. The maximum Gasteiger partial charge on any atom is 0.255 e. The van der Waals surface area contributed by atoms with E-state index in [0.717, 1.165) is 25.2 Å². The first-order chi connectivity index (χ1) is 12.3. The van der Waals surface area contributed by atoms with E-state index in [1.54, 1.807) is 25.4 Å². The van der Waals surface area contributed by atoms with Crippen LogP contribution >= 0.6 is 0 Å². The van der Waals surface area contributed by atoms with Gasteiger partial charge in [0, 0.05) is 19.3 Å². The summed E-state index contributed by atoms with van der Waals surface area (Å²) in [6.45, 7) is 2.37. The summed E-state index contributed by atoms with van der Waals surface area (Å²) in [5.74, 6) is 1.05. The van der Waals surface area contributed by atoms with Gasteiger partial charge in [-0.25, -0.2) is 4.98 Å². The van der Waals surface area contributed by atoms with Crippen LogP contribution in [0.25, 0.3) is 0 Å². The minimum Gasteiger partial charge on any atom is -0.495 e. The first-order valence-electron chi connectivity index (χ1n) is 8.30. The van der Waals surface area contributed by atoms with Gasteiger partial charge in [0.15, 0.2) is 0 Å². The van der Waals surface area contributed by atoms with Gasteiger partial charge in [-0.3, -0.25) is 4.79 Å². The molecule has 1 aromatic heterocycles. The van der Waals surface area contributed by atoms with Crippen LogP contribution in [0.2, 0.25) is 0 Å². The molecule has 0 radical (unpaired) electrons. The van der Waals surface area contributed by atoms with Crippen molar-refractivity contribution in [3.8, 4) is 5.75 Å². The molecule has 2 aromatic rings. The van der Waals surface area contributed by atoms with Gasteiger partial charge in [-0.15, -0.1) is 0 Å². The molecule has 130 valence electrons. The van der Waals surface area contributed by atoms with Crippen LogP contribution in [0.1, 0.15) is 16.8 Å². The third-order valence-corrected chi connectivity index (χ3v) is 4.05. The molecule has 0 fully saturated rings. The molecule has 0 saturated carbocycles. The number of aromatic nitrogens is 1. The zero-order valence-electron chi connectivity index (χ0n) is 14.2. The molecule has 0 unspecified atom stereocenters. The molecule has 0 saturated heterocycles. The number of para-hydroxylation sites is 2. The quantitative estimate of drug-likeness (QED) is 0.706. The molecule has 0 atom stereocenters. The predicted molar refractivity (Wildman–Crippen MR) is 98.4 cm³/mol. The molecule has 0 bridgehead atoms. The minimum absolute atomic E-state index is 0.148. The van der Waals surface area contributed by atoms with Crippen LogP contribution in [0, 0.1) is 0 Å². The number of methoxy groups -OCH3 is 1. The van der Waals surface area contributed by atoms with E-state index in [4.69, 9.17) is 4.74 Å². The van der Waals surface area contributed by atoms with E-state index in [-0.39, 0.29) is 5.91 Å². The number of amides is 1. The van der Waals surface area contributed by atoms with Gasteiger partial charge in [-0.05, 0) is 37.2 Å². The molecule has 1 aromatic carbocycles. The molecule has 1 aliphatic rings. The number of nitrogens with one attached hydrogen (secondary N) is 3. The Morgan fingerprint density at radius 2 is 2.16 bits per heavy atom. The van der Waals surface area contributed by atoms with Gasteiger partial charge < -0.3 is 20.7 Å². The number of pyridine rings is 1. The number of ether oxygens (including phenoxy) is 1. The van der Waals surface area contributed by atoms with Gasteiger partial charge in [-0.1, -0.05) is 23.8 Å². The average Bonchev–Trinajstić information content (AvgIpc) is 2.68. The van der Waals surface area contributed by atoms with Crippen molar-refractivity contribution >= 4 is 17.4 Å². The molecule has 6 nitrogen and oxygen atoms in total. The zero-order chi connectivity index (χ0) is 17.5. The highest BCUT2D eigenvalue weighted by Crippen LogP contribution is 2.27. The van der Waals surface area contributed by atoms with Gasteiger partial charge in [0.1, 0.15) is 11.6 Å². The maximum atomic E-state index is 12.6. The Kier molecular flexibility index (Phi) is 5.64. The van der Waals surface area contributed by atoms with Gasteiger partial charge in [-0.2, -0.15) is 0 Å². The van der Waals surface area contributed by atoms with E-state index in [1.807, 2.05) is 24.3 Å². The van der Waals surface area contributed by atoms with Crippen molar-refractivity contribution in [3.63, 3.8) is 0 Å². The summed E-state index contributed by atoms with van der Waals surface area (Å²) in [7, 11) is 1.61. The molecule has 25 heavy (non-hydrogen) atoms. The van der Waals surface area contributed by atoms with E-state index in [9.17, 15) is 4.79 Å². The normalized spacial score (nSPS) is 13.7. The van der Waals surface area contributed by atoms with E-state index in [2.05, 4.69) is 27.0 Å². The third-order valence-electron chi connectivity index (χ3n) is 4.05. The SMILES string of the molecule is COc1ccccc1Nc1ncccc1C(=O)NCC1=CCNCC1. The lowest BCUT2D eigenvalue weighted by molar-refractivity contribution is 0.0957. The highest BCUT2D eigenvalue weighted by Gasteiger charge is 2.14. The average molecular weight is 338 g/mol. The lowest BCUT2D eigenvalue weighted by Gasteiger charge is -2.16. The van der Waals surface area contributed by atoms with Crippen LogP contribution in [-0.4, -0.2) is 37.6 Å². The van der Waals surface area contributed by atoms with Gasteiger partial charge in [0.25, 0.3) is 5.91 Å². The topological polar surface area (TPSA) is 75.3 Å². The Balaban J connectivity index is 1.73. The molecule has 0 spiro atoms. The molecular weight excluding hydrogens is 316 g/mol. The zero-order valence-corrected chi connectivity index (χ0v) is 14.2. The van der Waals surface area contributed by atoms with Crippen molar-refractivity contribution in [3.05, 3.63) is 59.8 Å². The molecule has 1 aliphatic heterocycles. The fourth-order valence-corrected chi connectivity index (χ4v) is 2.68. The van der Waals surface area contributed by atoms with Crippen molar-refractivity contribution in [1.29, 1.82) is 0 Å². The summed E-state index contributed by atoms with van der Waals surface area (Å²) in [4.78, 5) is 16.9. The molecular formula is C19H22N4O2. The second-order valence-electron chi connectivity index (χ2n) is 5.72. The fourth-order valence-electron chi connectivity index (χ4n) is 2.68. The Morgan fingerprint density at radius 3 is 2.96 bits per heavy atom. The Hall–Kier alpha value is -2.86. The summed E-state index contributed by atoms with van der Waals surface area (Å²) in [5, 5.41) is 9.43. The molecule has 2 heterocycles. The van der Waals surface area contributed by atoms with E-state index >= 15 is 0 Å². The highest BCUT2D eigenvalue weighted by atomic mass is 16.5.